The van der Waals surface area contributed by atoms with Crippen molar-refractivity contribution >= 4 is 15.9 Å². The molecule has 1 aromatic rings. The minimum absolute atomic E-state index is 0.288. The van der Waals surface area contributed by atoms with E-state index in [4.69, 9.17) is 4.74 Å². The van der Waals surface area contributed by atoms with Gasteiger partial charge in [0.05, 0.1) is 11.7 Å². The van der Waals surface area contributed by atoms with Gasteiger partial charge in [0.2, 0.25) is 0 Å². The summed E-state index contributed by atoms with van der Waals surface area (Å²) in [4.78, 5) is 0.490. The summed E-state index contributed by atoms with van der Waals surface area (Å²) in [5, 5.41) is 0. The van der Waals surface area contributed by atoms with Gasteiger partial charge in [-0.2, -0.15) is 0 Å². The van der Waals surface area contributed by atoms with Crippen molar-refractivity contribution in [2.45, 2.75) is 80.7 Å². The predicted molar refractivity (Wildman–Crippen MR) is 91.9 cm³/mol. The minimum atomic E-state index is 0.288. The van der Waals surface area contributed by atoms with E-state index >= 15 is 0 Å². The summed E-state index contributed by atoms with van der Waals surface area (Å²) in [5.74, 6) is 0. The highest BCUT2D eigenvalue weighted by molar-refractivity contribution is 9.09. The molecule has 0 amide bonds. The van der Waals surface area contributed by atoms with E-state index in [0.29, 0.717) is 10.9 Å². The second kappa shape index (κ2) is 7.28. The van der Waals surface area contributed by atoms with E-state index in [2.05, 4.69) is 46.3 Å². The molecule has 0 radical (unpaired) electrons. The fraction of sp³-hybridized carbons (Fsp3) is 0.684. The van der Waals surface area contributed by atoms with Crippen molar-refractivity contribution in [1.82, 2.24) is 0 Å². The van der Waals surface area contributed by atoms with Crippen molar-refractivity contribution in [3.63, 3.8) is 0 Å². The fourth-order valence-electron chi connectivity index (χ4n) is 4.02. The lowest BCUT2D eigenvalue weighted by Crippen LogP contribution is -2.31. The maximum absolute atomic E-state index is 6.46. The molecule has 2 fully saturated rings. The van der Waals surface area contributed by atoms with E-state index in [1.54, 1.807) is 0 Å². The zero-order valence-corrected chi connectivity index (χ0v) is 14.5. The monoisotopic (exact) mass is 350 g/mol. The first-order valence-electron chi connectivity index (χ1n) is 8.64. The van der Waals surface area contributed by atoms with Crippen LogP contribution in [0.25, 0.3) is 0 Å². The van der Waals surface area contributed by atoms with Gasteiger partial charge in [0.1, 0.15) is 0 Å². The van der Waals surface area contributed by atoms with Gasteiger partial charge < -0.3 is 4.74 Å². The molecule has 1 aliphatic carbocycles. The summed E-state index contributed by atoms with van der Waals surface area (Å²) in [5.41, 5.74) is 1.68. The molecule has 3 rings (SSSR count). The summed E-state index contributed by atoms with van der Waals surface area (Å²) in [7, 11) is 0. The molecule has 1 nitrogen and oxygen atoms in total. The van der Waals surface area contributed by atoms with Gasteiger partial charge in [-0.3, -0.25) is 0 Å². The number of benzene rings is 1. The third kappa shape index (κ3) is 4.10. The van der Waals surface area contributed by atoms with Crippen LogP contribution >= 0.6 is 15.9 Å². The van der Waals surface area contributed by atoms with Crippen LogP contribution in [0.15, 0.2) is 30.3 Å². The minimum Gasteiger partial charge on any atom is -0.372 e. The lowest BCUT2D eigenvalue weighted by Gasteiger charge is -2.33. The van der Waals surface area contributed by atoms with Gasteiger partial charge in [0, 0.05) is 4.83 Å². The molecular weight excluding hydrogens is 324 g/mol. The highest BCUT2D eigenvalue weighted by atomic mass is 79.9. The van der Waals surface area contributed by atoms with E-state index in [1.165, 1.54) is 69.8 Å². The Morgan fingerprint density at radius 1 is 1.10 bits per heavy atom. The van der Waals surface area contributed by atoms with E-state index in [9.17, 15) is 0 Å². The Balaban J connectivity index is 1.40. The van der Waals surface area contributed by atoms with Gasteiger partial charge in [-0.15, -0.1) is 0 Å². The highest BCUT2D eigenvalue weighted by Gasteiger charge is 2.40. The van der Waals surface area contributed by atoms with Crippen LogP contribution in [0.1, 0.15) is 74.6 Å². The second-order valence-corrected chi connectivity index (χ2v) is 7.94. The van der Waals surface area contributed by atoms with Crippen molar-refractivity contribution in [3.05, 3.63) is 35.9 Å². The topological polar surface area (TPSA) is 9.23 Å². The van der Waals surface area contributed by atoms with E-state index in [-0.39, 0.29) is 5.60 Å². The molecule has 0 N–H and O–H groups in total. The molecule has 2 heteroatoms. The summed E-state index contributed by atoms with van der Waals surface area (Å²) in [6.07, 6.45) is 13.6. The number of rotatable bonds is 5. The van der Waals surface area contributed by atoms with E-state index < -0.39 is 0 Å². The summed E-state index contributed by atoms with van der Waals surface area (Å²) >= 11 is 3.82. The molecule has 0 aromatic heterocycles. The molecule has 1 saturated carbocycles. The van der Waals surface area contributed by atoms with Crippen LogP contribution in [0.3, 0.4) is 0 Å². The summed E-state index contributed by atoms with van der Waals surface area (Å²) < 4.78 is 6.46. The molecule has 2 aliphatic rings. The third-order valence-electron chi connectivity index (χ3n) is 5.25. The number of alkyl halides is 1. The second-order valence-electron chi connectivity index (χ2n) is 6.83. The van der Waals surface area contributed by atoms with Crippen LogP contribution in [0, 0.1) is 0 Å². The zero-order chi connectivity index (χ0) is 14.5. The molecule has 2 unspecified atom stereocenters. The van der Waals surface area contributed by atoms with Gasteiger partial charge in [-0.1, -0.05) is 65.5 Å². The van der Waals surface area contributed by atoms with Crippen LogP contribution in [0.4, 0.5) is 0 Å². The largest absolute Gasteiger partial charge is 0.372 e. The molecule has 1 aliphatic heterocycles. The fourth-order valence-corrected chi connectivity index (χ4v) is 4.64. The molecule has 1 heterocycles. The average molecular weight is 351 g/mol. The maximum atomic E-state index is 6.46. The molecule has 2 atom stereocenters. The molecule has 1 aromatic carbocycles. The van der Waals surface area contributed by atoms with Crippen molar-refractivity contribution in [2.75, 3.05) is 0 Å². The quantitative estimate of drug-likeness (QED) is 0.576. The smallest absolute Gasteiger partial charge is 0.0687 e. The molecule has 1 saturated heterocycles. The normalized spacial score (nSPS) is 26.0. The molecule has 116 valence electrons. The zero-order valence-electron chi connectivity index (χ0n) is 12.9. The lowest BCUT2D eigenvalue weighted by atomic mass is 9.83. The Hall–Kier alpha value is -0.340. The molecule has 21 heavy (non-hydrogen) atoms. The Labute approximate surface area is 137 Å². The lowest BCUT2D eigenvalue weighted by molar-refractivity contribution is -0.0660. The van der Waals surface area contributed by atoms with Gasteiger partial charge in [-0.25, -0.2) is 0 Å². The van der Waals surface area contributed by atoms with Gasteiger partial charge in [0.25, 0.3) is 0 Å². The Kier molecular flexibility index (Phi) is 5.39. The summed E-state index contributed by atoms with van der Waals surface area (Å²) in [6, 6.07) is 10.7. The van der Waals surface area contributed by atoms with Crippen molar-refractivity contribution in [3.8, 4) is 0 Å². The molecular formula is C19H27BrO. The van der Waals surface area contributed by atoms with Gasteiger partial charge in [0.15, 0.2) is 0 Å². The van der Waals surface area contributed by atoms with Gasteiger partial charge >= 0.3 is 0 Å². The predicted octanol–water partition coefficient (Wildman–Crippen LogP) is 6.17. The van der Waals surface area contributed by atoms with Crippen LogP contribution in [-0.2, 0) is 4.74 Å². The maximum Gasteiger partial charge on any atom is 0.0687 e. The van der Waals surface area contributed by atoms with Crippen LogP contribution in [0.5, 0.6) is 0 Å². The van der Waals surface area contributed by atoms with Crippen LogP contribution < -0.4 is 0 Å². The van der Waals surface area contributed by atoms with Crippen LogP contribution in [0.2, 0.25) is 0 Å². The Bertz CT molecular complexity index is 424. The molecule has 1 spiro atoms. The van der Waals surface area contributed by atoms with Crippen molar-refractivity contribution < 1.29 is 4.74 Å². The SMILES string of the molecule is BrC(CCCC1CCC2(CCCCC2)O1)c1ccccc1. The number of hydrogen-bond donors (Lipinski definition) is 0. The average Bonchev–Trinajstić information content (AvgIpc) is 2.91. The van der Waals surface area contributed by atoms with Crippen molar-refractivity contribution in [2.24, 2.45) is 0 Å². The first-order valence-corrected chi connectivity index (χ1v) is 9.56. The number of ether oxygens (including phenoxy) is 1. The first-order chi connectivity index (χ1) is 10.3. The van der Waals surface area contributed by atoms with Crippen molar-refractivity contribution in [1.29, 1.82) is 0 Å². The summed E-state index contributed by atoms with van der Waals surface area (Å²) in [6.45, 7) is 0. The molecule has 0 bridgehead atoms. The number of hydrogen-bond acceptors (Lipinski definition) is 1. The van der Waals surface area contributed by atoms with Crippen LogP contribution in [-0.4, -0.2) is 11.7 Å². The third-order valence-corrected chi connectivity index (χ3v) is 6.23. The highest BCUT2D eigenvalue weighted by Crippen LogP contribution is 2.43. The van der Waals surface area contributed by atoms with E-state index in [0.717, 1.165) is 0 Å². The standard InChI is InChI=1S/C19H27BrO/c20-18(16-8-3-1-4-9-16)11-7-10-17-12-15-19(21-17)13-5-2-6-14-19/h1,3-4,8-9,17-18H,2,5-7,10-15H2. The first kappa shape index (κ1) is 15.6. The van der Waals surface area contributed by atoms with E-state index in [1.807, 2.05) is 0 Å². The van der Waals surface area contributed by atoms with Gasteiger partial charge in [-0.05, 0) is 50.5 Å². The Morgan fingerprint density at radius 3 is 2.62 bits per heavy atom. The Morgan fingerprint density at radius 2 is 1.86 bits per heavy atom. The number of halogens is 1.